The number of nitrogens with zero attached hydrogens (tertiary/aromatic N) is 3. The zero-order chi connectivity index (χ0) is 22.1. The van der Waals surface area contributed by atoms with Crippen LogP contribution >= 0.6 is 0 Å². The first-order valence-electron chi connectivity index (χ1n) is 10.0. The van der Waals surface area contributed by atoms with Gasteiger partial charge in [0.05, 0.1) is 5.52 Å². The molecule has 1 amide bonds. The van der Waals surface area contributed by atoms with E-state index >= 15 is 0 Å². The van der Waals surface area contributed by atoms with Gasteiger partial charge in [0, 0.05) is 47.1 Å². The minimum atomic E-state index is -0.460. The summed E-state index contributed by atoms with van der Waals surface area (Å²) in [5.74, 6) is -0.0105. The molecule has 0 saturated carbocycles. The Labute approximate surface area is 183 Å². The molecule has 0 aliphatic rings. The Bertz CT molecular complexity index is 1480. The van der Waals surface area contributed by atoms with E-state index in [1.807, 2.05) is 65.4 Å². The van der Waals surface area contributed by atoms with Crippen molar-refractivity contribution < 1.29 is 4.79 Å². The van der Waals surface area contributed by atoms with Crippen molar-refractivity contribution >= 4 is 28.3 Å². The van der Waals surface area contributed by atoms with Crippen molar-refractivity contribution in [3.05, 3.63) is 113 Å². The van der Waals surface area contributed by atoms with Gasteiger partial charge in [-0.15, -0.1) is 0 Å². The van der Waals surface area contributed by atoms with Crippen LogP contribution < -0.4 is 16.6 Å². The van der Waals surface area contributed by atoms with Gasteiger partial charge in [-0.1, -0.05) is 18.2 Å². The van der Waals surface area contributed by atoms with Crippen LogP contribution in [0.25, 0.3) is 22.3 Å². The Morgan fingerprint density at radius 2 is 1.59 bits per heavy atom. The van der Waals surface area contributed by atoms with Gasteiger partial charge in [0.1, 0.15) is 11.4 Å². The molecular weight excluding hydrogens is 402 g/mol. The molecule has 5 aromatic rings. The first kappa shape index (κ1) is 19.3. The average Bonchev–Trinajstić information content (AvgIpc) is 3.23. The molecule has 2 aromatic carbocycles. The number of aromatic nitrogens is 3. The number of nitrogens with two attached hydrogens (primary N) is 1. The standard InChI is InChI=1S/C25H19N5O2/c26-23-15-22-17(16-27-23)12-14-29(22)20-10-8-18(9-11-20)28-24(31)21-7-4-13-30(25(21)32)19-5-2-1-3-6-19/h1-16H,(H2,26,27)(H,28,31). The number of fused-ring (bicyclic) bond motifs is 1. The van der Waals surface area contributed by atoms with Crippen LogP contribution in [0.15, 0.2) is 102 Å². The van der Waals surface area contributed by atoms with Crippen LogP contribution in [0, 0.1) is 0 Å². The topological polar surface area (TPSA) is 94.9 Å². The Balaban J connectivity index is 1.40. The van der Waals surface area contributed by atoms with E-state index in [2.05, 4.69) is 10.3 Å². The third kappa shape index (κ3) is 3.52. The predicted octanol–water partition coefficient (Wildman–Crippen LogP) is 4.01. The number of rotatable bonds is 4. The summed E-state index contributed by atoms with van der Waals surface area (Å²) in [4.78, 5) is 29.8. The summed E-state index contributed by atoms with van der Waals surface area (Å²) in [5, 5.41) is 3.79. The maximum atomic E-state index is 12.8. The first-order chi connectivity index (χ1) is 15.6. The largest absolute Gasteiger partial charge is 0.384 e. The minimum Gasteiger partial charge on any atom is -0.384 e. The maximum Gasteiger partial charge on any atom is 0.267 e. The number of carbonyl (C=O) groups is 1. The van der Waals surface area contributed by atoms with E-state index in [0.717, 1.165) is 16.6 Å². The number of benzene rings is 2. The highest BCUT2D eigenvalue weighted by Gasteiger charge is 2.13. The quantitative estimate of drug-likeness (QED) is 0.458. The molecule has 0 aliphatic carbocycles. The van der Waals surface area contributed by atoms with E-state index in [9.17, 15) is 9.59 Å². The lowest BCUT2D eigenvalue weighted by Gasteiger charge is -2.10. The van der Waals surface area contributed by atoms with Gasteiger partial charge >= 0.3 is 0 Å². The number of nitrogen functional groups attached to an aromatic ring is 1. The van der Waals surface area contributed by atoms with Crippen LogP contribution in [0.2, 0.25) is 0 Å². The van der Waals surface area contributed by atoms with E-state index in [1.165, 1.54) is 10.6 Å². The Hall–Kier alpha value is -4.65. The summed E-state index contributed by atoms with van der Waals surface area (Å²) in [6.45, 7) is 0. The lowest BCUT2D eigenvalue weighted by atomic mass is 10.2. The Morgan fingerprint density at radius 1 is 0.844 bits per heavy atom. The van der Waals surface area contributed by atoms with Crippen LogP contribution in [0.3, 0.4) is 0 Å². The average molecular weight is 421 g/mol. The Morgan fingerprint density at radius 3 is 2.38 bits per heavy atom. The first-order valence-corrected chi connectivity index (χ1v) is 10.0. The number of anilines is 2. The second-order valence-electron chi connectivity index (χ2n) is 7.29. The van der Waals surface area contributed by atoms with Crippen molar-refractivity contribution in [2.45, 2.75) is 0 Å². The summed E-state index contributed by atoms with van der Waals surface area (Å²) >= 11 is 0. The molecule has 0 unspecified atom stereocenters. The molecule has 3 aromatic heterocycles. The normalized spacial score (nSPS) is 10.9. The number of amides is 1. The Kier molecular flexibility index (Phi) is 4.76. The van der Waals surface area contributed by atoms with Gasteiger partial charge in [0.25, 0.3) is 11.5 Å². The summed E-state index contributed by atoms with van der Waals surface area (Å²) in [5.41, 5.74) is 8.66. The molecule has 32 heavy (non-hydrogen) atoms. The van der Waals surface area contributed by atoms with Gasteiger partial charge in [-0.05, 0) is 54.6 Å². The van der Waals surface area contributed by atoms with Crippen LogP contribution in [0.1, 0.15) is 10.4 Å². The SMILES string of the molecule is Nc1cc2c(ccn2-c2ccc(NC(=O)c3cccn(-c4ccccc4)c3=O)cc2)cn1. The number of hydrogen-bond donors (Lipinski definition) is 2. The van der Waals surface area contributed by atoms with Crippen molar-refractivity contribution in [2.75, 3.05) is 11.1 Å². The van der Waals surface area contributed by atoms with Crippen molar-refractivity contribution in [2.24, 2.45) is 0 Å². The van der Waals surface area contributed by atoms with Crippen molar-refractivity contribution in [3.8, 4) is 11.4 Å². The molecule has 3 N–H and O–H groups in total. The maximum absolute atomic E-state index is 12.8. The molecule has 0 atom stereocenters. The minimum absolute atomic E-state index is 0.0693. The van der Waals surface area contributed by atoms with E-state index in [-0.39, 0.29) is 11.1 Å². The number of nitrogens with one attached hydrogen (secondary N) is 1. The van der Waals surface area contributed by atoms with Gasteiger partial charge in [-0.25, -0.2) is 4.98 Å². The monoisotopic (exact) mass is 421 g/mol. The number of para-hydroxylation sites is 1. The van der Waals surface area contributed by atoms with E-state index in [4.69, 9.17) is 5.73 Å². The molecular formula is C25H19N5O2. The van der Waals surface area contributed by atoms with Gasteiger partial charge in [-0.2, -0.15) is 0 Å². The lowest BCUT2D eigenvalue weighted by molar-refractivity contribution is 0.102. The van der Waals surface area contributed by atoms with E-state index in [1.54, 1.807) is 30.6 Å². The molecule has 0 aliphatic heterocycles. The zero-order valence-electron chi connectivity index (χ0n) is 17.0. The van der Waals surface area contributed by atoms with Gasteiger partial charge < -0.3 is 15.6 Å². The summed E-state index contributed by atoms with van der Waals surface area (Å²) < 4.78 is 3.45. The molecule has 5 rings (SSSR count). The fraction of sp³-hybridized carbons (Fsp3) is 0. The molecule has 3 heterocycles. The van der Waals surface area contributed by atoms with E-state index < -0.39 is 5.91 Å². The van der Waals surface area contributed by atoms with Crippen LogP contribution in [-0.4, -0.2) is 20.0 Å². The smallest absolute Gasteiger partial charge is 0.267 e. The lowest BCUT2D eigenvalue weighted by Crippen LogP contribution is -2.27. The third-order valence-electron chi connectivity index (χ3n) is 5.23. The summed E-state index contributed by atoms with van der Waals surface area (Å²) in [6.07, 6.45) is 5.32. The predicted molar refractivity (Wildman–Crippen MR) is 125 cm³/mol. The van der Waals surface area contributed by atoms with Crippen LogP contribution in [0.4, 0.5) is 11.5 Å². The van der Waals surface area contributed by atoms with Crippen molar-refractivity contribution in [3.63, 3.8) is 0 Å². The molecule has 0 radical (unpaired) electrons. The number of carbonyl (C=O) groups excluding carboxylic acids is 1. The second-order valence-corrected chi connectivity index (χ2v) is 7.29. The second kappa shape index (κ2) is 7.88. The molecule has 0 bridgehead atoms. The van der Waals surface area contributed by atoms with Crippen molar-refractivity contribution in [1.82, 2.24) is 14.1 Å². The molecule has 0 fully saturated rings. The van der Waals surface area contributed by atoms with Crippen LogP contribution in [-0.2, 0) is 0 Å². The molecule has 7 nitrogen and oxygen atoms in total. The van der Waals surface area contributed by atoms with Gasteiger partial charge in [0.15, 0.2) is 0 Å². The molecule has 156 valence electrons. The third-order valence-corrected chi connectivity index (χ3v) is 5.23. The highest BCUT2D eigenvalue weighted by Crippen LogP contribution is 2.22. The van der Waals surface area contributed by atoms with Gasteiger partial charge in [0.2, 0.25) is 0 Å². The highest BCUT2D eigenvalue weighted by atomic mass is 16.2. The molecule has 0 spiro atoms. The number of pyridine rings is 2. The summed E-state index contributed by atoms with van der Waals surface area (Å²) in [7, 11) is 0. The van der Waals surface area contributed by atoms with E-state index in [0.29, 0.717) is 17.2 Å². The van der Waals surface area contributed by atoms with Crippen molar-refractivity contribution in [1.29, 1.82) is 0 Å². The van der Waals surface area contributed by atoms with Crippen LogP contribution in [0.5, 0.6) is 0 Å². The molecule has 0 saturated heterocycles. The zero-order valence-corrected chi connectivity index (χ0v) is 17.0. The fourth-order valence-electron chi connectivity index (χ4n) is 3.63. The highest BCUT2D eigenvalue weighted by molar-refractivity contribution is 6.04. The fourth-order valence-corrected chi connectivity index (χ4v) is 3.63. The number of hydrogen-bond acceptors (Lipinski definition) is 4. The molecule has 7 heteroatoms. The summed E-state index contributed by atoms with van der Waals surface area (Å²) in [6, 6.07) is 23.5. The van der Waals surface area contributed by atoms with Gasteiger partial charge in [-0.3, -0.25) is 14.2 Å².